The second-order valence-electron chi connectivity index (χ2n) is 2.54. The van der Waals surface area contributed by atoms with Crippen molar-refractivity contribution in [3.63, 3.8) is 0 Å². The fourth-order valence-corrected chi connectivity index (χ4v) is 0.689. The molecular formula is C9H18N2. The predicted molar refractivity (Wildman–Crippen MR) is 51.9 cm³/mol. The van der Waals surface area contributed by atoms with Gasteiger partial charge in [-0.1, -0.05) is 13.8 Å². The van der Waals surface area contributed by atoms with E-state index in [1.807, 2.05) is 12.4 Å². The molecule has 0 aliphatic carbocycles. The first kappa shape index (κ1) is 10.3. The molecule has 0 amide bonds. The predicted octanol–water partition coefficient (Wildman–Crippen LogP) is 2.34. The van der Waals surface area contributed by atoms with E-state index in [1.165, 1.54) is 0 Å². The van der Waals surface area contributed by atoms with Gasteiger partial charge < -0.3 is 0 Å². The zero-order valence-electron chi connectivity index (χ0n) is 7.75. The molecule has 0 aliphatic heterocycles. The van der Waals surface area contributed by atoms with Gasteiger partial charge in [-0.2, -0.15) is 0 Å². The molecule has 64 valence electrons. The van der Waals surface area contributed by atoms with Crippen molar-refractivity contribution in [1.82, 2.24) is 0 Å². The molecule has 0 aromatic rings. The second kappa shape index (κ2) is 7.45. The van der Waals surface area contributed by atoms with Crippen molar-refractivity contribution in [3.8, 4) is 0 Å². The normalized spacial score (nSPS) is 14.8. The molecule has 0 heterocycles. The fraction of sp³-hybridized carbons (Fsp3) is 0.778. The SMILES string of the molecule is CCC=NCC(C)N=CCC. The van der Waals surface area contributed by atoms with Crippen LogP contribution in [0.4, 0.5) is 0 Å². The van der Waals surface area contributed by atoms with Crippen molar-refractivity contribution in [2.45, 2.75) is 39.7 Å². The standard InChI is InChI=1S/C9H18N2/c1-4-6-10-8-9(3)11-7-5-2/h6-7,9H,4-5,8H2,1-3H3. The van der Waals surface area contributed by atoms with Crippen molar-refractivity contribution in [1.29, 1.82) is 0 Å². The van der Waals surface area contributed by atoms with Crippen molar-refractivity contribution in [2.24, 2.45) is 9.98 Å². The molecule has 0 aliphatic rings. The summed E-state index contributed by atoms with van der Waals surface area (Å²) in [6.45, 7) is 7.08. The summed E-state index contributed by atoms with van der Waals surface area (Å²) in [6.07, 6.45) is 5.93. The lowest BCUT2D eigenvalue weighted by Gasteiger charge is -1.99. The molecule has 0 aromatic carbocycles. The van der Waals surface area contributed by atoms with E-state index >= 15 is 0 Å². The molecule has 2 nitrogen and oxygen atoms in total. The maximum absolute atomic E-state index is 4.28. The quantitative estimate of drug-likeness (QED) is 0.543. The molecule has 0 saturated heterocycles. The number of nitrogens with zero attached hydrogens (tertiary/aromatic N) is 2. The summed E-state index contributed by atoms with van der Waals surface area (Å²) in [5.74, 6) is 0. The molecule has 2 heteroatoms. The number of hydrogen-bond acceptors (Lipinski definition) is 2. The molecule has 0 spiro atoms. The topological polar surface area (TPSA) is 24.7 Å². The van der Waals surface area contributed by atoms with Crippen LogP contribution >= 0.6 is 0 Å². The lowest BCUT2D eigenvalue weighted by atomic mass is 10.3. The minimum Gasteiger partial charge on any atom is -0.295 e. The van der Waals surface area contributed by atoms with Crippen LogP contribution in [0.1, 0.15) is 33.6 Å². The van der Waals surface area contributed by atoms with E-state index in [1.54, 1.807) is 0 Å². The monoisotopic (exact) mass is 154 g/mol. The van der Waals surface area contributed by atoms with Crippen LogP contribution in [0.5, 0.6) is 0 Å². The van der Waals surface area contributed by atoms with E-state index in [9.17, 15) is 0 Å². The fourth-order valence-electron chi connectivity index (χ4n) is 0.689. The van der Waals surface area contributed by atoms with Gasteiger partial charge in [0.1, 0.15) is 0 Å². The number of hydrogen-bond donors (Lipinski definition) is 0. The summed E-state index contributed by atoms with van der Waals surface area (Å²) in [6, 6.07) is 0.345. The van der Waals surface area contributed by atoms with Gasteiger partial charge in [0, 0.05) is 0 Å². The first-order valence-electron chi connectivity index (χ1n) is 4.31. The van der Waals surface area contributed by atoms with Gasteiger partial charge in [-0.25, -0.2) is 0 Å². The van der Waals surface area contributed by atoms with E-state index in [2.05, 4.69) is 30.8 Å². The van der Waals surface area contributed by atoms with Gasteiger partial charge >= 0.3 is 0 Å². The van der Waals surface area contributed by atoms with Crippen LogP contribution in [0.15, 0.2) is 9.98 Å². The zero-order valence-corrected chi connectivity index (χ0v) is 7.75. The highest BCUT2D eigenvalue weighted by Crippen LogP contribution is 1.89. The van der Waals surface area contributed by atoms with Crippen LogP contribution in [-0.2, 0) is 0 Å². The summed E-state index contributed by atoms with van der Waals surface area (Å²) in [7, 11) is 0. The molecule has 0 N–H and O–H groups in total. The third-order valence-electron chi connectivity index (χ3n) is 1.22. The Hall–Kier alpha value is -0.660. The maximum atomic E-state index is 4.28. The Morgan fingerprint density at radius 2 is 1.82 bits per heavy atom. The van der Waals surface area contributed by atoms with Crippen LogP contribution in [0.25, 0.3) is 0 Å². The highest BCUT2D eigenvalue weighted by atomic mass is 14.8. The average molecular weight is 154 g/mol. The number of rotatable bonds is 5. The van der Waals surface area contributed by atoms with E-state index in [0.717, 1.165) is 19.4 Å². The molecule has 0 bridgehead atoms. The van der Waals surface area contributed by atoms with Gasteiger partial charge in [0.15, 0.2) is 0 Å². The van der Waals surface area contributed by atoms with Crippen LogP contribution < -0.4 is 0 Å². The van der Waals surface area contributed by atoms with Crippen LogP contribution in [0.2, 0.25) is 0 Å². The molecular weight excluding hydrogens is 136 g/mol. The Morgan fingerprint density at radius 1 is 1.18 bits per heavy atom. The molecule has 1 atom stereocenters. The van der Waals surface area contributed by atoms with Gasteiger partial charge in [-0.3, -0.25) is 9.98 Å². The molecule has 0 saturated carbocycles. The molecule has 0 aromatic heterocycles. The Morgan fingerprint density at radius 3 is 2.36 bits per heavy atom. The number of aliphatic imine (C=N–C) groups is 2. The minimum absolute atomic E-state index is 0.345. The smallest absolute Gasteiger partial charge is 0.0662 e. The van der Waals surface area contributed by atoms with Gasteiger partial charge in [-0.05, 0) is 32.2 Å². The Kier molecular flexibility index (Phi) is 7.00. The highest BCUT2D eigenvalue weighted by Gasteiger charge is 1.92. The Balaban J connectivity index is 3.43. The lowest BCUT2D eigenvalue weighted by molar-refractivity contribution is 0.757. The molecule has 0 rings (SSSR count). The first-order chi connectivity index (χ1) is 5.31. The van der Waals surface area contributed by atoms with Crippen molar-refractivity contribution in [2.75, 3.05) is 6.54 Å². The maximum Gasteiger partial charge on any atom is 0.0662 e. The Bertz CT molecular complexity index is 128. The van der Waals surface area contributed by atoms with Crippen LogP contribution in [-0.4, -0.2) is 25.0 Å². The minimum atomic E-state index is 0.345. The van der Waals surface area contributed by atoms with E-state index in [4.69, 9.17) is 0 Å². The summed E-state index contributed by atoms with van der Waals surface area (Å²) in [4.78, 5) is 8.48. The van der Waals surface area contributed by atoms with E-state index in [-0.39, 0.29) is 0 Å². The second-order valence-corrected chi connectivity index (χ2v) is 2.54. The third-order valence-corrected chi connectivity index (χ3v) is 1.22. The van der Waals surface area contributed by atoms with Crippen LogP contribution in [0.3, 0.4) is 0 Å². The van der Waals surface area contributed by atoms with Gasteiger partial charge in [0.25, 0.3) is 0 Å². The zero-order chi connectivity index (χ0) is 8.53. The lowest BCUT2D eigenvalue weighted by Crippen LogP contribution is -2.02. The molecule has 0 fully saturated rings. The molecule has 0 radical (unpaired) electrons. The van der Waals surface area contributed by atoms with Crippen LogP contribution in [0, 0.1) is 0 Å². The highest BCUT2D eigenvalue weighted by molar-refractivity contribution is 5.57. The summed E-state index contributed by atoms with van der Waals surface area (Å²) in [5.41, 5.74) is 0. The largest absolute Gasteiger partial charge is 0.295 e. The van der Waals surface area contributed by atoms with Gasteiger partial charge in [-0.15, -0.1) is 0 Å². The van der Waals surface area contributed by atoms with Gasteiger partial charge in [0.2, 0.25) is 0 Å². The summed E-state index contributed by atoms with van der Waals surface area (Å²) < 4.78 is 0. The average Bonchev–Trinajstić information content (AvgIpc) is 2.01. The first-order valence-corrected chi connectivity index (χ1v) is 4.31. The summed E-state index contributed by atoms with van der Waals surface area (Å²) >= 11 is 0. The Labute approximate surface area is 69.4 Å². The van der Waals surface area contributed by atoms with Crippen molar-refractivity contribution < 1.29 is 0 Å². The third kappa shape index (κ3) is 7.23. The molecule has 1 unspecified atom stereocenters. The van der Waals surface area contributed by atoms with Crippen molar-refractivity contribution >= 4 is 12.4 Å². The van der Waals surface area contributed by atoms with Crippen molar-refractivity contribution in [3.05, 3.63) is 0 Å². The molecule has 11 heavy (non-hydrogen) atoms. The van der Waals surface area contributed by atoms with E-state index in [0.29, 0.717) is 6.04 Å². The van der Waals surface area contributed by atoms with Gasteiger partial charge in [0.05, 0.1) is 12.6 Å². The van der Waals surface area contributed by atoms with E-state index < -0.39 is 0 Å². The summed E-state index contributed by atoms with van der Waals surface area (Å²) in [5, 5.41) is 0.